The van der Waals surface area contributed by atoms with Crippen molar-refractivity contribution in [2.24, 2.45) is 5.73 Å². The molecule has 0 aliphatic carbocycles. The van der Waals surface area contributed by atoms with Crippen molar-refractivity contribution in [1.29, 1.82) is 0 Å². The predicted octanol–water partition coefficient (Wildman–Crippen LogP) is 3.92. The lowest BCUT2D eigenvalue weighted by molar-refractivity contribution is -0.137. The molecule has 2 aromatic rings. The third-order valence-electron chi connectivity index (χ3n) is 4.38. The third-order valence-corrected chi connectivity index (χ3v) is 5.87. The molecular formula is C24H30F3N3O5S. The molecule has 0 bridgehead atoms. The normalized spacial score (nSPS) is 12.1. The van der Waals surface area contributed by atoms with E-state index in [4.69, 9.17) is 5.73 Å². The topological polar surface area (TPSA) is 128 Å². The first-order valence-electron chi connectivity index (χ1n) is 10.7. The van der Waals surface area contributed by atoms with Crippen LogP contribution in [0.15, 0.2) is 42.1 Å². The van der Waals surface area contributed by atoms with Gasteiger partial charge in [-0.05, 0) is 52.3 Å². The molecule has 0 radical (unpaired) electrons. The number of carbonyl (C=O) groups excluding carboxylic acids is 2. The molecule has 0 aliphatic heterocycles. The number of benzene rings is 1. The maximum absolute atomic E-state index is 13.2. The summed E-state index contributed by atoms with van der Waals surface area (Å²) in [5.41, 5.74) is 5.75. The van der Waals surface area contributed by atoms with Crippen molar-refractivity contribution < 1.29 is 35.9 Å². The van der Waals surface area contributed by atoms with Crippen LogP contribution >= 0.6 is 0 Å². The van der Waals surface area contributed by atoms with E-state index in [1.54, 1.807) is 27.7 Å². The second-order valence-electron chi connectivity index (χ2n) is 8.19. The summed E-state index contributed by atoms with van der Waals surface area (Å²) < 4.78 is 69.1. The van der Waals surface area contributed by atoms with Crippen molar-refractivity contribution in [2.45, 2.75) is 46.8 Å². The van der Waals surface area contributed by atoms with Crippen molar-refractivity contribution in [1.82, 2.24) is 9.71 Å². The summed E-state index contributed by atoms with van der Waals surface area (Å²) in [6, 6.07) is 6.38. The molecular weight excluding hydrogens is 499 g/mol. The molecule has 198 valence electrons. The van der Waals surface area contributed by atoms with E-state index in [-0.39, 0.29) is 22.7 Å². The summed E-state index contributed by atoms with van der Waals surface area (Å²) in [5.74, 6) is -1.78. The number of pyridine rings is 1. The molecule has 0 atom stereocenters. The lowest BCUT2D eigenvalue weighted by Crippen LogP contribution is -2.34. The van der Waals surface area contributed by atoms with Crippen LogP contribution in [0.3, 0.4) is 0 Å². The largest absolute Gasteiger partial charge is 0.465 e. The number of aromatic nitrogens is 1. The van der Waals surface area contributed by atoms with Crippen LogP contribution in [-0.2, 0) is 25.7 Å². The van der Waals surface area contributed by atoms with Gasteiger partial charge in [0.2, 0.25) is 10.0 Å². The van der Waals surface area contributed by atoms with Crippen LogP contribution in [0.2, 0.25) is 0 Å². The van der Waals surface area contributed by atoms with Crippen LogP contribution in [0.25, 0.3) is 11.1 Å². The summed E-state index contributed by atoms with van der Waals surface area (Å²) in [6.45, 7) is 8.13. The molecule has 1 aromatic carbocycles. The van der Waals surface area contributed by atoms with Gasteiger partial charge in [-0.3, -0.25) is 9.78 Å². The summed E-state index contributed by atoms with van der Waals surface area (Å²) in [5, 5.41) is 0. The number of halogens is 3. The fraction of sp³-hybridized carbons (Fsp3) is 0.375. The molecule has 0 amide bonds. The second-order valence-corrected chi connectivity index (χ2v) is 9.95. The number of nitrogens with one attached hydrogen (secondary N) is 1. The van der Waals surface area contributed by atoms with Crippen LogP contribution < -0.4 is 10.5 Å². The minimum absolute atomic E-state index is 0.0461. The van der Waals surface area contributed by atoms with Gasteiger partial charge < -0.3 is 10.5 Å². The Hall–Kier alpha value is -3.25. The Bertz CT molecular complexity index is 1240. The van der Waals surface area contributed by atoms with Crippen molar-refractivity contribution in [3.8, 4) is 11.1 Å². The fourth-order valence-corrected chi connectivity index (χ4v) is 4.51. The van der Waals surface area contributed by atoms with Gasteiger partial charge in [-0.2, -0.15) is 13.2 Å². The van der Waals surface area contributed by atoms with Gasteiger partial charge in [0.25, 0.3) is 0 Å². The number of sulfonamides is 1. The van der Waals surface area contributed by atoms with Crippen LogP contribution in [0.1, 0.15) is 48.1 Å². The Kier molecular flexibility index (Phi) is 10.8. The van der Waals surface area contributed by atoms with Gasteiger partial charge >= 0.3 is 12.1 Å². The maximum Gasteiger partial charge on any atom is 0.417 e. The summed E-state index contributed by atoms with van der Waals surface area (Å²) in [7, 11) is -2.34. The van der Waals surface area contributed by atoms with Gasteiger partial charge in [0.05, 0.1) is 23.9 Å². The fourth-order valence-electron chi connectivity index (χ4n) is 3.25. The Morgan fingerprint density at radius 1 is 1.17 bits per heavy atom. The molecule has 3 N–H and O–H groups in total. The molecule has 0 saturated heterocycles. The first kappa shape index (κ1) is 30.8. The zero-order chi connectivity index (χ0) is 27.8. The average molecular weight is 530 g/mol. The van der Waals surface area contributed by atoms with Gasteiger partial charge in [0, 0.05) is 29.1 Å². The monoisotopic (exact) mass is 529 g/mol. The van der Waals surface area contributed by atoms with Crippen molar-refractivity contribution in [3.05, 3.63) is 64.6 Å². The number of hydrogen-bond acceptors (Lipinski definition) is 7. The van der Waals surface area contributed by atoms with Crippen molar-refractivity contribution in [2.75, 3.05) is 12.9 Å². The highest BCUT2D eigenvalue weighted by atomic mass is 32.2. The van der Waals surface area contributed by atoms with E-state index < -0.39 is 39.3 Å². The Labute approximate surface area is 208 Å². The molecule has 8 nitrogen and oxygen atoms in total. The van der Waals surface area contributed by atoms with E-state index >= 15 is 0 Å². The second kappa shape index (κ2) is 12.6. The molecule has 0 aliphatic rings. The first-order valence-corrected chi connectivity index (χ1v) is 12.3. The number of alkyl halides is 3. The highest BCUT2D eigenvalue weighted by molar-refractivity contribution is 7.90. The third kappa shape index (κ3) is 9.42. The highest BCUT2D eigenvalue weighted by Crippen LogP contribution is 2.38. The number of ether oxygens (including phenoxy) is 1. The number of methoxy groups -OCH3 is 1. The first-order chi connectivity index (χ1) is 16.5. The number of allylic oxidation sites excluding steroid dienone is 2. The number of ketones is 1. The highest BCUT2D eigenvalue weighted by Gasteiger charge is 2.34. The van der Waals surface area contributed by atoms with Gasteiger partial charge in [-0.1, -0.05) is 18.2 Å². The Morgan fingerprint density at radius 2 is 1.75 bits per heavy atom. The van der Waals surface area contributed by atoms with E-state index in [2.05, 4.69) is 14.4 Å². The number of hydrogen-bond donors (Lipinski definition) is 2. The zero-order valence-corrected chi connectivity index (χ0v) is 21.7. The predicted molar refractivity (Wildman–Crippen MR) is 130 cm³/mol. The van der Waals surface area contributed by atoms with Crippen LogP contribution in [0, 0.1) is 13.8 Å². The number of carbonyl (C=O) groups is 2. The van der Waals surface area contributed by atoms with Crippen LogP contribution in [-0.4, -0.2) is 44.1 Å². The van der Waals surface area contributed by atoms with E-state index in [1.165, 1.54) is 38.3 Å². The molecule has 12 heteroatoms. The number of aryl methyl sites for hydroxylation is 2. The Morgan fingerprint density at radius 3 is 2.25 bits per heavy atom. The lowest BCUT2D eigenvalue weighted by Gasteiger charge is -2.16. The van der Waals surface area contributed by atoms with Gasteiger partial charge in [-0.25, -0.2) is 17.9 Å². The quantitative estimate of drug-likeness (QED) is 0.411. The minimum atomic E-state index is -4.52. The van der Waals surface area contributed by atoms with Gasteiger partial charge in [0.15, 0.2) is 5.78 Å². The lowest BCUT2D eigenvalue weighted by atomic mass is 9.94. The SMILES string of the molecule is CC(N)=CC(=O)CS(=O)(=O)NC(C)C.COC(=O)c1c(-c2ccccc2C(F)(F)F)cc(C)nc1C. The summed E-state index contributed by atoms with van der Waals surface area (Å²) in [4.78, 5) is 27.2. The summed E-state index contributed by atoms with van der Waals surface area (Å²) in [6.07, 6.45) is -3.41. The van der Waals surface area contributed by atoms with Crippen molar-refractivity contribution in [3.63, 3.8) is 0 Å². The van der Waals surface area contributed by atoms with E-state index in [0.717, 1.165) is 12.1 Å². The van der Waals surface area contributed by atoms with Crippen LogP contribution in [0.4, 0.5) is 13.2 Å². The maximum atomic E-state index is 13.2. The minimum Gasteiger partial charge on any atom is -0.465 e. The average Bonchev–Trinajstić information content (AvgIpc) is 2.70. The Balaban J connectivity index is 0.000000402. The number of rotatable bonds is 7. The van der Waals surface area contributed by atoms with Gasteiger partial charge in [-0.15, -0.1) is 0 Å². The summed E-state index contributed by atoms with van der Waals surface area (Å²) >= 11 is 0. The molecule has 0 fully saturated rings. The van der Waals surface area contributed by atoms with E-state index in [0.29, 0.717) is 17.1 Å². The molecule has 1 heterocycles. The molecule has 2 rings (SSSR count). The van der Waals surface area contributed by atoms with E-state index in [9.17, 15) is 31.2 Å². The number of esters is 1. The molecule has 0 spiro atoms. The number of nitrogens with two attached hydrogens (primary N) is 1. The van der Waals surface area contributed by atoms with Crippen LogP contribution in [0.5, 0.6) is 0 Å². The molecule has 36 heavy (non-hydrogen) atoms. The molecule has 0 unspecified atom stereocenters. The zero-order valence-electron chi connectivity index (χ0n) is 20.9. The number of nitrogens with zero attached hydrogens (tertiary/aromatic N) is 1. The molecule has 0 saturated carbocycles. The van der Waals surface area contributed by atoms with Crippen molar-refractivity contribution >= 4 is 21.8 Å². The molecule has 1 aromatic heterocycles. The smallest absolute Gasteiger partial charge is 0.417 e. The standard InChI is InChI=1S/C16H14F3NO2.C8H16N2O3S/c1-9-8-12(14(10(2)20-9)15(21)22-3)11-6-4-5-7-13(11)16(17,18)19;1-6(2)10-14(12,13)5-8(11)4-7(3)9/h4-8H,1-3H3;4,6,10H,5,9H2,1-3H3. The van der Waals surface area contributed by atoms with Gasteiger partial charge in [0.1, 0.15) is 5.75 Å². The van der Waals surface area contributed by atoms with E-state index in [1.807, 2.05) is 0 Å².